The van der Waals surface area contributed by atoms with Crippen LogP contribution in [0, 0.1) is 0 Å². The molecular formula is C57H47N4PS. The third-order valence-electron chi connectivity index (χ3n) is 12.0. The lowest BCUT2D eigenvalue weighted by atomic mass is 9.84. The van der Waals surface area contributed by atoms with Crippen LogP contribution < -0.4 is 21.2 Å². The number of fused-ring (bicyclic) bond motifs is 2. The van der Waals surface area contributed by atoms with Crippen LogP contribution in [0.5, 0.6) is 0 Å². The van der Waals surface area contributed by atoms with Crippen molar-refractivity contribution in [2.45, 2.75) is 18.4 Å². The summed E-state index contributed by atoms with van der Waals surface area (Å²) in [6, 6.07) is 80.2. The van der Waals surface area contributed by atoms with Crippen LogP contribution in [0.15, 0.2) is 224 Å². The molecule has 2 heterocycles. The molecule has 1 unspecified atom stereocenters. The van der Waals surface area contributed by atoms with E-state index in [1.54, 1.807) is 0 Å². The molecular weight excluding hydrogens is 804 g/mol. The number of nitrogens with one attached hydrogen (secondary N) is 4. The van der Waals surface area contributed by atoms with E-state index in [-0.39, 0.29) is 12.0 Å². The lowest BCUT2D eigenvalue weighted by Crippen LogP contribution is -2.35. The normalized spacial score (nSPS) is 11.9. The van der Waals surface area contributed by atoms with Crippen LogP contribution in [0.3, 0.4) is 0 Å². The Morgan fingerprint density at radius 3 is 1.52 bits per heavy atom. The van der Waals surface area contributed by atoms with Crippen molar-refractivity contribution in [2.24, 2.45) is 0 Å². The average Bonchev–Trinajstić information content (AvgIpc) is 3.89. The van der Waals surface area contributed by atoms with Crippen molar-refractivity contribution in [1.29, 1.82) is 0 Å². The van der Waals surface area contributed by atoms with E-state index in [1.807, 2.05) is 0 Å². The molecule has 10 rings (SSSR count). The molecule has 8 aromatic carbocycles. The number of H-pyrrole nitrogens is 2. The zero-order valence-electron chi connectivity index (χ0n) is 34.8. The second-order valence-corrected chi connectivity index (χ2v) is 18.6. The number of hydrogen-bond donors (Lipinski definition) is 4. The Morgan fingerprint density at radius 2 is 0.937 bits per heavy atom. The Bertz CT molecular complexity index is 3010. The first-order valence-electron chi connectivity index (χ1n) is 21.6. The van der Waals surface area contributed by atoms with Crippen LogP contribution >= 0.6 is 20.1 Å². The largest absolute Gasteiger partial charge is 0.358 e. The predicted octanol–water partition coefficient (Wildman–Crippen LogP) is 13.2. The van der Waals surface area contributed by atoms with Gasteiger partial charge in [-0.05, 0) is 71.2 Å². The number of aromatic nitrogens is 2. The van der Waals surface area contributed by atoms with Crippen molar-refractivity contribution < 1.29 is 0 Å². The van der Waals surface area contributed by atoms with E-state index >= 15 is 0 Å². The molecule has 306 valence electrons. The smallest absolute Gasteiger partial charge is 0.171 e. The van der Waals surface area contributed by atoms with Gasteiger partial charge in [-0.3, -0.25) is 0 Å². The number of benzene rings is 8. The van der Waals surface area contributed by atoms with Gasteiger partial charge in [0.1, 0.15) is 0 Å². The fourth-order valence-electron chi connectivity index (χ4n) is 9.06. The Kier molecular flexibility index (Phi) is 11.8. The highest BCUT2D eigenvalue weighted by molar-refractivity contribution is 7.80. The third kappa shape index (κ3) is 8.59. The molecule has 0 amide bonds. The number of rotatable bonds is 13. The highest BCUT2D eigenvalue weighted by atomic mass is 32.1. The third-order valence-corrected chi connectivity index (χ3v) is 14.8. The van der Waals surface area contributed by atoms with Crippen LogP contribution in [0.4, 0.5) is 5.69 Å². The molecule has 1 atom stereocenters. The Labute approximate surface area is 375 Å². The maximum atomic E-state index is 6.23. The van der Waals surface area contributed by atoms with Gasteiger partial charge in [0.2, 0.25) is 0 Å². The summed E-state index contributed by atoms with van der Waals surface area (Å²) >= 11 is 6.23. The van der Waals surface area contributed by atoms with Gasteiger partial charge in [0, 0.05) is 68.5 Å². The maximum absolute atomic E-state index is 6.23. The summed E-state index contributed by atoms with van der Waals surface area (Å²) in [4.78, 5) is 7.87. The topological polar surface area (TPSA) is 55.6 Å². The van der Waals surface area contributed by atoms with Crippen LogP contribution in [0.1, 0.15) is 45.6 Å². The van der Waals surface area contributed by atoms with Gasteiger partial charge < -0.3 is 20.6 Å². The molecule has 0 bridgehead atoms. The van der Waals surface area contributed by atoms with Crippen molar-refractivity contribution >= 4 is 63.4 Å². The molecule has 0 aliphatic heterocycles. The van der Waals surface area contributed by atoms with Crippen LogP contribution in [0.2, 0.25) is 0 Å². The van der Waals surface area contributed by atoms with Crippen molar-refractivity contribution in [3.05, 3.63) is 258 Å². The van der Waals surface area contributed by atoms with E-state index in [0.29, 0.717) is 11.5 Å². The SMILES string of the molecule is S=C(Nc1ccccc1Cc1[nH]c2ccccc2c1-c1c(C(c2ccccc2)c2ccccc2)[nH]c2ccccc12)NC(CP(c1ccccc1)c1ccccc1)c1ccccc1. The number of hydrogen-bond acceptors (Lipinski definition) is 1. The summed E-state index contributed by atoms with van der Waals surface area (Å²) in [5.41, 5.74) is 12.8. The van der Waals surface area contributed by atoms with Crippen molar-refractivity contribution in [2.75, 3.05) is 11.5 Å². The number of thiocarbonyl (C=S) groups is 1. The molecule has 0 aliphatic carbocycles. The quantitative estimate of drug-likeness (QED) is 0.0690. The molecule has 0 spiro atoms. The molecule has 0 aliphatic rings. The molecule has 0 radical (unpaired) electrons. The summed E-state index contributed by atoms with van der Waals surface area (Å²) in [5, 5.41) is 13.2. The highest BCUT2D eigenvalue weighted by Gasteiger charge is 2.28. The predicted molar refractivity (Wildman–Crippen MR) is 271 cm³/mol. The first-order valence-corrected chi connectivity index (χ1v) is 23.5. The molecule has 4 nitrogen and oxygen atoms in total. The Balaban J connectivity index is 1.02. The summed E-state index contributed by atoms with van der Waals surface area (Å²) in [5.74, 6) is -0.0175. The van der Waals surface area contributed by atoms with Gasteiger partial charge in [0.25, 0.3) is 0 Å². The van der Waals surface area contributed by atoms with Crippen LogP contribution in [-0.4, -0.2) is 21.2 Å². The fourth-order valence-corrected chi connectivity index (χ4v) is 11.8. The lowest BCUT2D eigenvalue weighted by molar-refractivity contribution is 0.731. The molecule has 4 N–H and O–H groups in total. The van der Waals surface area contributed by atoms with Crippen molar-refractivity contribution in [3.8, 4) is 11.1 Å². The zero-order chi connectivity index (χ0) is 42.4. The minimum atomic E-state index is -0.683. The molecule has 63 heavy (non-hydrogen) atoms. The van der Waals surface area contributed by atoms with Gasteiger partial charge in [0.05, 0.1) is 6.04 Å². The van der Waals surface area contributed by atoms with E-state index in [4.69, 9.17) is 12.2 Å². The van der Waals surface area contributed by atoms with Crippen molar-refractivity contribution in [3.63, 3.8) is 0 Å². The van der Waals surface area contributed by atoms with Crippen LogP contribution in [-0.2, 0) is 6.42 Å². The molecule has 0 fully saturated rings. The Hall–Kier alpha value is -7.04. The Morgan fingerprint density at radius 1 is 0.476 bits per heavy atom. The summed E-state index contributed by atoms with van der Waals surface area (Å²) in [6.07, 6.45) is 1.54. The maximum Gasteiger partial charge on any atom is 0.171 e. The molecule has 0 saturated carbocycles. The fraction of sp³-hybridized carbons (Fsp3) is 0.0702. The first kappa shape index (κ1) is 40.1. The van der Waals surface area contributed by atoms with Gasteiger partial charge in [-0.15, -0.1) is 0 Å². The van der Waals surface area contributed by atoms with Gasteiger partial charge in [-0.2, -0.15) is 0 Å². The zero-order valence-corrected chi connectivity index (χ0v) is 36.5. The van der Waals surface area contributed by atoms with E-state index in [2.05, 4.69) is 245 Å². The number of anilines is 1. The molecule has 10 aromatic rings. The standard InChI is InChI=1S/C57H47N4PS/c63-57(61-52(40-22-6-1-7-23-40)39-62(44-29-12-4-13-30-44)45-31-14-5-15-32-45)60-48-35-19-16-28-43(48)38-51-54(46-33-17-20-36-49(46)58-51)55-47-34-18-21-37-50(47)59-56(55)53(41-24-8-2-9-25-41)42-26-10-3-11-27-42/h1-37,52-53,58-59H,38-39H2,(H2,60,61,63). The molecule has 0 saturated heterocycles. The average molecular weight is 851 g/mol. The monoisotopic (exact) mass is 850 g/mol. The molecule has 6 heteroatoms. The highest BCUT2D eigenvalue weighted by Crippen LogP contribution is 2.46. The second kappa shape index (κ2) is 18.5. The van der Waals surface area contributed by atoms with Crippen molar-refractivity contribution in [1.82, 2.24) is 15.3 Å². The minimum Gasteiger partial charge on any atom is -0.358 e. The van der Waals surface area contributed by atoms with Crippen LogP contribution in [0.25, 0.3) is 32.9 Å². The number of aromatic amines is 2. The van der Waals surface area contributed by atoms with E-state index in [1.165, 1.54) is 54.9 Å². The second-order valence-electron chi connectivity index (χ2n) is 15.9. The summed E-state index contributed by atoms with van der Waals surface area (Å²) in [6.45, 7) is 0. The first-order chi connectivity index (χ1) is 31.2. The van der Waals surface area contributed by atoms with E-state index < -0.39 is 7.92 Å². The number of para-hydroxylation sites is 3. The van der Waals surface area contributed by atoms with Gasteiger partial charge in [-0.1, -0.05) is 206 Å². The summed E-state index contributed by atoms with van der Waals surface area (Å²) < 4.78 is 0. The summed E-state index contributed by atoms with van der Waals surface area (Å²) in [7, 11) is -0.683. The van der Waals surface area contributed by atoms with E-state index in [0.717, 1.165) is 34.1 Å². The van der Waals surface area contributed by atoms with Gasteiger partial charge in [0.15, 0.2) is 5.11 Å². The van der Waals surface area contributed by atoms with Gasteiger partial charge >= 0.3 is 0 Å². The van der Waals surface area contributed by atoms with Gasteiger partial charge in [-0.25, -0.2) is 0 Å². The molecule has 2 aromatic heterocycles. The lowest BCUT2D eigenvalue weighted by Gasteiger charge is -2.27. The van der Waals surface area contributed by atoms with E-state index in [9.17, 15) is 0 Å². The minimum absolute atomic E-state index is 0.0175.